The number of hydrogen-bond donors (Lipinski definition) is 2. The lowest BCUT2D eigenvalue weighted by Gasteiger charge is -2.28. The van der Waals surface area contributed by atoms with Gasteiger partial charge in [-0.25, -0.2) is 4.79 Å². The number of hydrogen-bond acceptors (Lipinski definition) is 5. The zero-order valence-electron chi connectivity index (χ0n) is 20.3. The van der Waals surface area contributed by atoms with E-state index < -0.39 is 30.4 Å². The molecule has 8 heteroatoms. The van der Waals surface area contributed by atoms with Gasteiger partial charge in [-0.05, 0) is 34.6 Å². The summed E-state index contributed by atoms with van der Waals surface area (Å²) in [5.41, 5.74) is 4.35. The first kappa shape index (κ1) is 24.7. The van der Waals surface area contributed by atoms with Crippen molar-refractivity contribution in [3.8, 4) is 11.1 Å². The summed E-state index contributed by atoms with van der Waals surface area (Å²) in [6, 6.07) is 14.6. The maximum absolute atomic E-state index is 13.1. The van der Waals surface area contributed by atoms with Crippen LogP contribution in [0.25, 0.3) is 11.1 Å². The molecule has 4 rings (SSSR count). The number of carbonyl (C=O) groups excluding carboxylic acids is 2. The Morgan fingerprint density at radius 2 is 1.69 bits per heavy atom. The highest BCUT2D eigenvalue weighted by molar-refractivity contribution is 5.89. The van der Waals surface area contributed by atoms with E-state index >= 15 is 0 Å². The van der Waals surface area contributed by atoms with Gasteiger partial charge in [0.15, 0.2) is 0 Å². The number of ether oxygens (including phenoxy) is 2. The third-order valence-corrected chi connectivity index (χ3v) is 6.96. The summed E-state index contributed by atoms with van der Waals surface area (Å²) >= 11 is 0. The number of fused-ring (bicyclic) bond motifs is 3. The van der Waals surface area contributed by atoms with E-state index in [1.165, 1.54) is 4.90 Å². The number of aliphatic carboxylic acids is 1. The Labute approximate surface area is 205 Å². The molecule has 2 N–H and O–H groups in total. The van der Waals surface area contributed by atoms with Gasteiger partial charge in [-0.3, -0.25) is 9.59 Å². The SMILES string of the molecule is CC(C)C1CC(N(C)C(=O)C(CC(=O)O)NC(=O)OCC2c3ccccc3-c3ccccc32)CO1. The smallest absolute Gasteiger partial charge is 0.407 e. The Balaban J connectivity index is 1.40. The van der Waals surface area contributed by atoms with Crippen molar-refractivity contribution >= 4 is 18.0 Å². The number of rotatable bonds is 8. The van der Waals surface area contributed by atoms with Crippen LogP contribution in [0.1, 0.15) is 43.7 Å². The lowest BCUT2D eigenvalue weighted by atomic mass is 9.98. The van der Waals surface area contributed by atoms with Crippen LogP contribution in [-0.2, 0) is 19.1 Å². The Kier molecular flexibility index (Phi) is 7.40. The monoisotopic (exact) mass is 480 g/mol. The van der Waals surface area contributed by atoms with E-state index in [1.807, 2.05) is 48.5 Å². The number of carboxylic acid groups (broad SMARTS) is 1. The number of carboxylic acids is 1. The maximum atomic E-state index is 13.1. The standard InChI is InChI=1S/C27H32N2O6/c1-16(2)24-12-17(14-34-24)29(3)26(32)23(13-25(30)31)28-27(33)35-15-22-20-10-6-4-8-18(20)19-9-5-7-11-21(19)22/h4-11,16-17,22-24H,12-15H2,1-3H3,(H,28,33)(H,30,31). The summed E-state index contributed by atoms with van der Waals surface area (Å²) < 4.78 is 11.3. The molecule has 2 amide bonds. The zero-order valence-corrected chi connectivity index (χ0v) is 20.3. The topological polar surface area (TPSA) is 105 Å². The Morgan fingerprint density at radius 3 is 2.23 bits per heavy atom. The predicted molar refractivity (Wildman–Crippen MR) is 130 cm³/mol. The molecule has 0 spiro atoms. The highest BCUT2D eigenvalue weighted by Crippen LogP contribution is 2.44. The van der Waals surface area contributed by atoms with E-state index in [9.17, 15) is 19.5 Å². The summed E-state index contributed by atoms with van der Waals surface area (Å²) in [6.45, 7) is 4.58. The molecule has 0 aromatic heterocycles. The molecule has 0 radical (unpaired) electrons. The molecule has 2 aromatic rings. The van der Waals surface area contributed by atoms with E-state index in [0.717, 1.165) is 22.3 Å². The van der Waals surface area contributed by atoms with Crippen LogP contribution in [0, 0.1) is 5.92 Å². The van der Waals surface area contributed by atoms with Crippen molar-refractivity contribution in [2.24, 2.45) is 5.92 Å². The van der Waals surface area contributed by atoms with Gasteiger partial charge in [0.2, 0.25) is 5.91 Å². The van der Waals surface area contributed by atoms with Crippen LogP contribution in [0.5, 0.6) is 0 Å². The molecule has 3 atom stereocenters. The summed E-state index contributed by atoms with van der Waals surface area (Å²) in [5, 5.41) is 11.8. The minimum atomic E-state index is -1.23. The van der Waals surface area contributed by atoms with Gasteiger partial charge >= 0.3 is 12.1 Å². The molecule has 2 aromatic carbocycles. The third-order valence-electron chi connectivity index (χ3n) is 6.96. The predicted octanol–water partition coefficient (Wildman–Crippen LogP) is 3.64. The van der Waals surface area contributed by atoms with Gasteiger partial charge in [0.05, 0.1) is 25.2 Å². The van der Waals surface area contributed by atoms with E-state index in [1.54, 1.807) is 7.05 Å². The minimum absolute atomic E-state index is 0.0447. The second kappa shape index (κ2) is 10.5. The number of amides is 2. The molecule has 186 valence electrons. The normalized spacial score (nSPS) is 19.7. The fraction of sp³-hybridized carbons (Fsp3) is 0.444. The first-order chi connectivity index (χ1) is 16.8. The number of benzene rings is 2. The molecule has 1 heterocycles. The Bertz CT molecular complexity index is 1060. The van der Waals surface area contributed by atoms with Crippen molar-refractivity contribution in [1.82, 2.24) is 10.2 Å². The number of carbonyl (C=O) groups is 3. The molecule has 1 aliphatic carbocycles. The van der Waals surface area contributed by atoms with Crippen LogP contribution >= 0.6 is 0 Å². The summed E-state index contributed by atoms with van der Waals surface area (Å²) in [5.74, 6) is -1.47. The number of nitrogens with one attached hydrogen (secondary N) is 1. The Hall–Kier alpha value is -3.39. The second-order valence-corrected chi connectivity index (χ2v) is 9.57. The Morgan fingerprint density at radius 1 is 1.09 bits per heavy atom. The van der Waals surface area contributed by atoms with Gasteiger partial charge in [0, 0.05) is 13.0 Å². The number of likely N-dealkylation sites (N-methyl/N-ethyl adjacent to an activating group) is 1. The second-order valence-electron chi connectivity index (χ2n) is 9.57. The van der Waals surface area contributed by atoms with E-state index in [0.29, 0.717) is 18.9 Å². The number of nitrogens with zero attached hydrogens (tertiary/aromatic N) is 1. The molecule has 0 bridgehead atoms. The van der Waals surface area contributed by atoms with Crippen LogP contribution in [0.4, 0.5) is 4.79 Å². The summed E-state index contributed by atoms with van der Waals surface area (Å²) in [6.07, 6.45) is -0.634. The average molecular weight is 481 g/mol. The molecule has 0 saturated carbocycles. The van der Waals surface area contributed by atoms with Gasteiger partial charge in [0.1, 0.15) is 12.6 Å². The first-order valence-corrected chi connectivity index (χ1v) is 12.0. The van der Waals surface area contributed by atoms with Crippen LogP contribution in [0.2, 0.25) is 0 Å². The summed E-state index contributed by atoms with van der Waals surface area (Å²) in [7, 11) is 1.62. The van der Waals surface area contributed by atoms with Gasteiger partial charge in [-0.15, -0.1) is 0 Å². The summed E-state index contributed by atoms with van der Waals surface area (Å²) in [4.78, 5) is 38.7. The van der Waals surface area contributed by atoms with Crippen LogP contribution < -0.4 is 5.32 Å². The fourth-order valence-corrected chi connectivity index (χ4v) is 4.96. The first-order valence-electron chi connectivity index (χ1n) is 12.0. The van der Waals surface area contributed by atoms with Crippen molar-refractivity contribution < 1.29 is 29.0 Å². The maximum Gasteiger partial charge on any atom is 0.407 e. The third kappa shape index (κ3) is 5.32. The van der Waals surface area contributed by atoms with Crippen LogP contribution in [-0.4, -0.2) is 66.4 Å². The van der Waals surface area contributed by atoms with E-state index in [4.69, 9.17) is 9.47 Å². The highest BCUT2D eigenvalue weighted by Gasteiger charge is 2.36. The quantitative estimate of drug-likeness (QED) is 0.598. The molecule has 8 nitrogen and oxygen atoms in total. The molecule has 35 heavy (non-hydrogen) atoms. The van der Waals surface area contributed by atoms with Crippen molar-refractivity contribution in [1.29, 1.82) is 0 Å². The molecule has 2 aliphatic rings. The van der Waals surface area contributed by atoms with Gasteiger partial charge in [-0.1, -0.05) is 62.4 Å². The number of alkyl carbamates (subject to hydrolysis) is 1. The van der Waals surface area contributed by atoms with Crippen molar-refractivity contribution in [3.05, 3.63) is 59.7 Å². The lowest BCUT2D eigenvalue weighted by Crippen LogP contribution is -2.51. The van der Waals surface area contributed by atoms with Crippen LogP contribution in [0.3, 0.4) is 0 Å². The van der Waals surface area contributed by atoms with Crippen molar-refractivity contribution in [3.63, 3.8) is 0 Å². The molecular formula is C27H32N2O6. The fourth-order valence-electron chi connectivity index (χ4n) is 4.96. The molecular weight excluding hydrogens is 448 g/mol. The van der Waals surface area contributed by atoms with Gasteiger partial charge in [0.25, 0.3) is 0 Å². The average Bonchev–Trinajstić information content (AvgIpc) is 3.45. The lowest BCUT2D eigenvalue weighted by molar-refractivity contribution is -0.142. The van der Waals surface area contributed by atoms with Gasteiger partial charge < -0.3 is 24.8 Å². The zero-order chi connectivity index (χ0) is 25.1. The van der Waals surface area contributed by atoms with E-state index in [2.05, 4.69) is 19.2 Å². The molecule has 1 saturated heterocycles. The van der Waals surface area contributed by atoms with E-state index in [-0.39, 0.29) is 24.7 Å². The highest BCUT2D eigenvalue weighted by atomic mass is 16.5. The van der Waals surface area contributed by atoms with Crippen molar-refractivity contribution in [2.45, 2.75) is 50.8 Å². The molecule has 1 fully saturated rings. The van der Waals surface area contributed by atoms with Crippen molar-refractivity contribution in [2.75, 3.05) is 20.3 Å². The molecule has 1 aliphatic heterocycles. The minimum Gasteiger partial charge on any atom is -0.481 e. The molecule has 3 unspecified atom stereocenters. The van der Waals surface area contributed by atoms with Gasteiger partial charge in [-0.2, -0.15) is 0 Å². The largest absolute Gasteiger partial charge is 0.481 e. The van der Waals surface area contributed by atoms with Crippen LogP contribution in [0.15, 0.2) is 48.5 Å².